The molecule has 0 amide bonds. The van der Waals surface area contributed by atoms with Gasteiger partial charge in [0, 0.05) is 0 Å². The van der Waals surface area contributed by atoms with Crippen LogP contribution in [0.4, 0.5) is 4.39 Å². The fourth-order valence-corrected chi connectivity index (χ4v) is 0.768. The summed E-state index contributed by atoms with van der Waals surface area (Å²) in [4.78, 5) is 0. The van der Waals surface area contributed by atoms with Crippen LogP contribution in [0.3, 0.4) is 0 Å². The van der Waals surface area contributed by atoms with E-state index < -0.39 is 5.82 Å². The lowest BCUT2D eigenvalue weighted by atomic mass is 9.84. The highest BCUT2D eigenvalue weighted by atomic mass is 19.1. The molecular weight excluding hydrogens is 139 g/mol. The van der Waals surface area contributed by atoms with E-state index in [2.05, 4.69) is 0 Å². The van der Waals surface area contributed by atoms with Crippen molar-refractivity contribution in [2.75, 3.05) is 0 Å². The molecule has 48 valence electrons. The third kappa shape index (κ3) is 1.43. The average Bonchev–Trinajstić information content (AvgIpc) is 1.85. The summed E-state index contributed by atoms with van der Waals surface area (Å²) < 4.78 is 12.7. The van der Waals surface area contributed by atoms with Crippen molar-refractivity contribution in [3.05, 3.63) is 23.5 Å². The summed E-state index contributed by atoms with van der Waals surface area (Å²) in [5.74, 6) is -0.676. The molecule has 0 aliphatic heterocycles. The molecule has 0 bridgehead atoms. The lowest BCUT2D eigenvalue weighted by molar-refractivity contribution is 0.626. The van der Waals surface area contributed by atoms with Crippen LogP contribution in [-0.2, 0) is 0 Å². The van der Waals surface area contributed by atoms with Crippen molar-refractivity contribution in [2.45, 2.75) is 0 Å². The van der Waals surface area contributed by atoms with E-state index >= 15 is 0 Å². The highest BCUT2D eigenvalue weighted by Gasteiger charge is 2.03. The molecule has 0 aliphatic rings. The second-order valence-corrected chi connectivity index (χ2v) is 2.08. The van der Waals surface area contributed by atoms with Gasteiger partial charge in [-0.3, -0.25) is 0 Å². The number of nitrogens with zero attached hydrogens (tertiary/aromatic N) is 1. The SMILES string of the molecule is [B]c1cc([B])c(C#N)c(F)c1. The Kier molecular flexibility index (Phi) is 2.00. The number of nitriles is 1. The Hall–Kier alpha value is -1.23. The van der Waals surface area contributed by atoms with Crippen molar-refractivity contribution in [2.24, 2.45) is 0 Å². The predicted octanol–water partition coefficient (Wildman–Crippen LogP) is -0.715. The summed E-state index contributed by atoms with van der Waals surface area (Å²) in [7, 11) is 10.5. The number of hydrogen-bond acceptors (Lipinski definition) is 1. The first kappa shape index (κ1) is 7.87. The van der Waals surface area contributed by atoms with Crippen molar-refractivity contribution in [3.8, 4) is 6.07 Å². The second-order valence-electron chi connectivity index (χ2n) is 2.08. The fraction of sp³-hybridized carbons (Fsp3) is 0. The van der Waals surface area contributed by atoms with Crippen molar-refractivity contribution >= 4 is 26.6 Å². The van der Waals surface area contributed by atoms with Gasteiger partial charge in [-0.15, -0.1) is 0 Å². The van der Waals surface area contributed by atoms with Gasteiger partial charge in [-0.1, -0.05) is 17.0 Å². The van der Waals surface area contributed by atoms with Crippen molar-refractivity contribution in [3.63, 3.8) is 0 Å². The Morgan fingerprint density at radius 1 is 1.36 bits per heavy atom. The first-order chi connectivity index (χ1) is 5.15. The smallest absolute Gasteiger partial charge is 0.139 e. The van der Waals surface area contributed by atoms with Crippen LogP contribution in [-0.4, -0.2) is 15.7 Å². The van der Waals surface area contributed by atoms with E-state index in [4.69, 9.17) is 21.0 Å². The Morgan fingerprint density at radius 3 is 2.45 bits per heavy atom. The zero-order valence-corrected chi connectivity index (χ0v) is 5.63. The summed E-state index contributed by atoms with van der Waals surface area (Å²) >= 11 is 0. The van der Waals surface area contributed by atoms with Gasteiger partial charge in [0.15, 0.2) is 0 Å². The first-order valence-corrected chi connectivity index (χ1v) is 2.89. The third-order valence-electron chi connectivity index (χ3n) is 1.25. The summed E-state index contributed by atoms with van der Waals surface area (Å²) in [5.41, 5.74) is 0.142. The Balaban J connectivity index is 3.40. The first-order valence-electron chi connectivity index (χ1n) is 2.89. The average molecular weight is 141 g/mol. The van der Waals surface area contributed by atoms with Gasteiger partial charge in [-0.2, -0.15) is 5.26 Å². The second kappa shape index (κ2) is 2.79. The normalized spacial score (nSPS) is 9.09. The van der Waals surface area contributed by atoms with E-state index in [0.29, 0.717) is 0 Å². The van der Waals surface area contributed by atoms with E-state index in [9.17, 15) is 4.39 Å². The van der Waals surface area contributed by atoms with Gasteiger partial charge in [0.05, 0.1) is 5.56 Å². The van der Waals surface area contributed by atoms with Crippen LogP contribution in [0.15, 0.2) is 12.1 Å². The molecule has 0 fully saturated rings. The zero-order valence-electron chi connectivity index (χ0n) is 5.63. The molecule has 4 heteroatoms. The Morgan fingerprint density at radius 2 is 2.00 bits per heavy atom. The maximum atomic E-state index is 12.7. The summed E-state index contributed by atoms with van der Waals surface area (Å²) in [5, 5.41) is 8.38. The summed E-state index contributed by atoms with van der Waals surface area (Å²) in [6, 6.07) is 4.05. The standard InChI is InChI=1S/C7H2B2FN/c8-4-1-6(9)5(3-11)7(10)2-4/h1-2H. The van der Waals surface area contributed by atoms with Crippen molar-refractivity contribution in [1.82, 2.24) is 0 Å². The van der Waals surface area contributed by atoms with E-state index in [-0.39, 0.29) is 16.5 Å². The molecule has 0 spiro atoms. The van der Waals surface area contributed by atoms with Gasteiger partial charge in [0.2, 0.25) is 0 Å². The molecule has 1 nitrogen and oxygen atoms in total. The van der Waals surface area contributed by atoms with E-state index in [1.165, 1.54) is 6.07 Å². The number of rotatable bonds is 0. The molecule has 1 rings (SSSR count). The lowest BCUT2D eigenvalue weighted by Crippen LogP contribution is -2.18. The fourth-order valence-electron chi connectivity index (χ4n) is 0.768. The van der Waals surface area contributed by atoms with Crippen molar-refractivity contribution < 1.29 is 4.39 Å². The minimum absolute atomic E-state index is 0.0741. The van der Waals surface area contributed by atoms with Crippen molar-refractivity contribution in [1.29, 1.82) is 5.26 Å². The highest BCUT2D eigenvalue weighted by molar-refractivity contribution is 6.38. The number of halogens is 1. The molecule has 0 aromatic heterocycles. The number of hydrogen-bond donors (Lipinski definition) is 0. The Labute approximate surface area is 66.7 Å². The van der Waals surface area contributed by atoms with Crippen LogP contribution in [0.25, 0.3) is 0 Å². The molecule has 4 radical (unpaired) electrons. The van der Waals surface area contributed by atoms with Gasteiger partial charge in [-0.25, -0.2) is 4.39 Å². The summed E-state index contributed by atoms with van der Waals surface area (Å²) in [6.07, 6.45) is 0. The molecule has 0 aliphatic carbocycles. The predicted molar refractivity (Wildman–Crippen MR) is 41.9 cm³/mol. The molecule has 11 heavy (non-hydrogen) atoms. The topological polar surface area (TPSA) is 23.8 Å². The lowest BCUT2D eigenvalue weighted by Gasteiger charge is -2.00. The van der Waals surface area contributed by atoms with Crippen LogP contribution in [0, 0.1) is 17.1 Å². The summed E-state index contributed by atoms with van der Waals surface area (Å²) in [6.45, 7) is 0. The monoisotopic (exact) mass is 141 g/mol. The maximum Gasteiger partial charge on any atom is 0.139 e. The van der Waals surface area contributed by atoms with E-state index in [1.807, 2.05) is 0 Å². The highest BCUT2D eigenvalue weighted by Crippen LogP contribution is 1.98. The maximum absolute atomic E-state index is 12.7. The molecule has 0 unspecified atom stereocenters. The van der Waals surface area contributed by atoms with Gasteiger partial charge >= 0.3 is 0 Å². The third-order valence-corrected chi connectivity index (χ3v) is 1.25. The molecule has 0 saturated heterocycles. The quantitative estimate of drug-likeness (QED) is 0.437. The van der Waals surface area contributed by atoms with Crippen LogP contribution in [0.1, 0.15) is 5.56 Å². The molecular formula is C7H2B2FN. The molecule has 1 aromatic carbocycles. The van der Waals surface area contributed by atoms with Crippen LogP contribution in [0.2, 0.25) is 0 Å². The van der Waals surface area contributed by atoms with E-state index in [1.54, 1.807) is 6.07 Å². The van der Waals surface area contributed by atoms with Gasteiger partial charge in [-0.05, 0) is 6.07 Å². The molecule has 0 atom stereocenters. The van der Waals surface area contributed by atoms with Gasteiger partial charge in [0.25, 0.3) is 0 Å². The van der Waals surface area contributed by atoms with Gasteiger partial charge < -0.3 is 0 Å². The molecule has 0 heterocycles. The van der Waals surface area contributed by atoms with E-state index in [0.717, 1.165) is 6.07 Å². The molecule has 1 aromatic rings. The van der Waals surface area contributed by atoms with Gasteiger partial charge in [0.1, 0.15) is 27.6 Å². The largest absolute Gasteiger partial charge is 0.206 e. The number of benzene rings is 1. The molecule has 0 saturated carbocycles. The van der Waals surface area contributed by atoms with Crippen LogP contribution >= 0.6 is 0 Å². The van der Waals surface area contributed by atoms with Crippen LogP contribution < -0.4 is 10.9 Å². The Bertz CT molecular complexity index is 307. The minimum atomic E-state index is -0.676. The molecule has 0 N–H and O–H groups in total. The minimum Gasteiger partial charge on any atom is -0.206 e. The van der Waals surface area contributed by atoms with Crippen LogP contribution in [0.5, 0.6) is 0 Å². The zero-order chi connectivity index (χ0) is 8.43.